The van der Waals surface area contributed by atoms with Crippen LogP contribution in [0.1, 0.15) is 17.8 Å². The summed E-state index contributed by atoms with van der Waals surface area (Å²) >= 11 is 0. The van der Waals surface area contributed by atoms with Crippen LogP contribution in [0, 0.1) is 0 Å². The lowest BCUT2D eigenvalue weighted by atomic mass is 10.0. The third-order valence-corrected chi connectivity index (χ3v) is 4.18. The van der Waals surface area contributed by atoms with Crippen molar-refractivity contribution >= 4 is 12.0 Å². The van der Waals surface area contributed by atoms with Crippen LogP contribution >= 0.6 is 0 Å². The molecule has 0 bridgehead atoms. The molecule has 0 radical (unpaired) electrons. The smallest absolute Gasteiger partial charge is 0.326 e. The number of H-pyrrole nitrogens is 1. The van der Waals surface area contributed by atoms with Gasteiger partial charge in [0, 0.05) is 26.6 Å². The number of aromatic nitrogens is 2. The first-order chi connectivity index (χ1) is 10.1. The van der Waals surface area contributed by atoms with E-state index in [2.05, 4.69) is 9.97 Å². The Bertz CT molecular complexity index is 558. The van der Waals surface area contributed by atoms with E-state index in [0.29, 0.717) is 13.1 Å². The molecule has 8 nitrogen and oxygen atoms in total. The number of rotatable bonds is 2. The van der Waals surface area contributed by atoms with Gasteiger partial charge in [0.2, 0.25) is 0 Å². The predicted molar refractivity (Wildman–Crippen MR) is 71.6 cm³/mol. The summed E-state index contributed by atoms with van der Waals surface area (Å²) in [6, 6.07) is -1.11. The topological polar surface area (TPSA) is 98.8 Å². The Labute approximate surface area is 121 Å². The van der Waals surface area contributed by atoms with E-state index in [1.165, 1.54) is 11.2 Å². The van der Waals surface area contributed by atoms with Gasteiger partial charge in [-0.1, -0.05) is 0 Å². The SMILES string of the molecule is COC1CCN(C(=O)N2Cc3[nH]cnc3CC2C(=O)O)C1. The largest absolute Gasteiger partial charge is 0.480 e. The maximum atomic E-state index is 12.6. The molecule has 8 heteroatoms. The Morgan fingerprint density at radius 3 is 3.00 bits per heavy atom. The molecule has 3 heterocycles. The summed E-state index contributed by atoms with van der Waals surface area (Å²) in [5.41, 5.74) is 1.53. The van der Waals surface area contributed by atoms with Gasteiger partial charge < -0.3 is 24.6 Å². The van der Waals surface area contributed by atoms with E-state index < -0.39 is 12.0 Å². The molecule has 0 aliphatic carbocycles. The van der Waals surface area contributed by atoms with Gasteiger partial charge in [0.1, 0.15) is 6.04 Å². The van der Waals surface area contributed by atoms with Gasteiger partial charge in [-0.3, -0.25) is 0 Å². The number of carboxylic acids is 1. The fraction of sp³-hybridized carbons (Fsp3) is 0.615. The number of carbonyl (C=O) groups is 2. The number of methoxy groups -OCH3 is 1. The minimum absolute atomic E-state index is 0.0322. The van der Waals surface area contributed by atoms with Crippen LogP contribution in [-0.4, -0.2) is 69.2 Å². The molecule has 1 aromatic rings. The summed E-state index contributed by atoms with van der Waals surface area (Å²) in [6.07, 6.45) is 2.59. The number of carbonyl (C=O) groups excluding carboxylic acids is 1. The van der Waals surface area contributed by atoms with Gasteiger partial charge in [-0.15, -0.1) is 0 Å². The van der Waals surface area contributed by atoms with Crippen molar-refractivity contribution in [3.63, 3.8) is 0 Å². The average Bonchev–Trinajstić information content (AvgIpc) is 3.13. The number of fused-ring (bicyclic) bond motifs is 1. The summed E-state index contributed by atoms with van der Waals surface area (Å²) in [5.74, 6) is -1.00. The van der Waals surface area contributed by atoms with Crippen LogP contribution in [0.3, 0.4) is 0 Å². The van der Waals surface area contributed by atoms with E-state index in [9.17, 15) is 14.7 Å². The van der Waals surface area contributed by atoms with Crippen LogP contribution in [0.2, 0.25) is 0 Å². The van der Waals surface area contributed by atoms with Crippen molar-refractivity contribution in [3.05, 3.63) is 17.7 Å². The van der Waals surface area contributed by atoms with Gasteiger partial charge in [0.05, 0.1) is 30.4 Å². The monoisotopic (exact) mass is 294 g/mol. The van der Waals surface area contributed by atoms with Crippen molar-refractivity contribution in [2.45, 2.75) is 31.5 Å². The Balaban J connectivity index is 1.79. The molecular formula is C13H18N4O4. The van der Waals surface area contributed by atoms with Crippen LogP contribution in [0.15, 0.2) is 6.33 Å². The third-order valence-electron chi connectivity index (χ3n) is 4.18. The maximum absolute atomic E-state index is 12.6. The van der Waals surface area contributed by atoms with E-state index in [0.717, 1.165) is 17.8 Å². The zero-order valence-corrected chi connectivity index (χ0v) is 11.8. The number of hydrogen-bond donors (Lipinski definition) is 2. The Kier molecular flexibility index (Phi) is 3.54. The number of imidazole rings is 1. The molecule has 0 aromatic carbocycles. The molecule has 3 rings (SSSR count). The fourth-order valence-electron chi connectivity index (χ4n) is 2.93. The normalized spacial score (nSPS) is 25.0. The van der Waals surface area contributed by atoms with Crippen LogP contribution in [0.25, 0.3) is 0 Å². The average molecular weight is 294 g/mol. The van der Waals surface area contributed by atoms with Crippen molar-refractivity contribution in [1.29, 1.82) is 0 Å². The minimum Gasteiger partial charge on any atom is -0.480 e. The highest BCUT2D eigenvalue weighted by atomic mass is 16.5. The molecule has 1 aromatic heterocycles. The molecule has 2 N–H and O–H groups in total. The van der Waals surface area contributed by atoms with Gasteiger partial charge in [-0.05, 0) is 6.42 Å². The quantitative estimate of drug-likeness (QED) is 0.803. The number of nitrogens with zero attached hydrogens (tertiary/aromatic N) is 3. The minimum atomic E-state index is -1.00. The van der Waals surface area contributed by atoms with E-state index >= 15 is 0 Å². The first kappa shape index (κ1) is 13.9. The number of urea groups is 1. The summed E-state index contributed by atoms with van der Waals surface area (Å²) in [5, 5.41) is 9.39. The standard InChI is InChI=1S/C13H18N4O4/c1-21-8-2-3-16(5-8)13(20)17-6-10-9(14-7-15-10)4-11(17)12(18)19/h7-8,11H,2-6H2,1H3,(H,14,15)(H,18,19). The number of aromatic amines is 1. The Morgan fingerprint density at radius 1 is 1.52 bits per heavy atom. The van der Waals surface area contributed by atoms with Crippen molar-refractivity contribution in [3.8, 4) is 0 Å². The molecule has 1 saturated heterocycles. The first-order valence-electron chi connectivity index (χ1n) is 6.92. The van der Waals surface area contributed by atoms with Gasteiger partial charge in [-0.25, -0.2) is 14.6 Å². The highest BCUT2D eigenvalue weighted by Gasteiger charge is 2.39. The second-order valence-electron chi connectivity index (χ2n) is 5.39. The van der Waals surface area contributed by atoms with Crippen molar-refractivity contribution in [1.82, 2.24) is 19.8 Å². The summed E-state index contributed by atoms with van der Waals surface area (Å²) < 4.78 is 5.25. The zero-order chi connectivity index (χ0) is 15.0. The highest BCUT2D eigenvalue weighted by Crippen LogP contribution is 2.24. The van der Waals surface area contributed by atoms with Crippen LogP contribution in [-0.2, 0) is 22.5 Å². The van der Waals surface area contributed by atoms with Crippen molar-refractivity contribution < 1.29 is 19.4 Å². The van der Waals surface area contributed by atoms with Gasteiger partial charge in [0.25, 0.3) is 0 Å². The fourth-order valence-corrected chi connectivity index (χ4v) is 2.93. The predicted octanol–water partition coefficient (Wildman–Crippen LogP) is 0.0617. The van der Waals surface area contributed by atoms with E-state index in [1.807, 2.05) is 0 Å². The molecule has 2 unspecified atom stereocenters. The molecule has 2 aliphatic rings. The molecular weight excluding hydrogens is 276 g/mol. The van der Waals surface area contributed by atoms with E-state index in [4.69, 9.17) is 4.74 Å². The van der Waals surface area contributed by atoms with Crippen LogP contribution in [0.4, 0.5) is 4.79 Å². The van der Waals surface area contributed by atoms with Crippen LogP contribution in [0.5, 0.6) is 0 Å². The van der Waals surface area contributed by atoms with Gasteiger partial charge in [0.15, 0.2) is 0 Å². The number of nitrogens with one attached hydrogen (secondary N) is 1. The van der Waals surface area contributed by atoms with Gasteiger partial charge in [-0.2, -0.15) is 0 Å². The zero-order valence-electron chi connectivity index (χ0n) is 11.8. The molecule has 2 amide bonds. The lowest BCUT2D eigenvalue weighted by Crippen LogP contribution is -2.53. The summed E-state index contributed by atoms with van der Waals surface area (Å²) in [4.78, 5) is 34.2. The number of amides is 2. The number of ether oxygens (including phenoxy) is 1. The molecule has 114 valence electrons. The summed E-state index contributed by atoms with van der Waals surface area (Å²) in [7, 11) is 1.62. The maximum Gasteiger partial charge on any atom is 0.326 e. The highest BCUT2D eigenvalue weighted by molar-refractivity contribution is 5.83. The molecule has 0 saturated carbocycles. The first-order valence-corrected chi connectivity index (χ1v) is 6.92. The number of aliphatic carboxylic acids is 1. The Hall–Kier alpha value is -2.09. The van der Waals surface area contributed by atoms with Crippen molar-refractivity contribution in [2.75, 3.05) is 20.2 Å². The number of hydrogen-bond acceptors (Lipinski definition) is 4. The molecule has 0 spiro atoms. The lowest BCUT2D eigenvalue weighted by Gasteiger charge is -2.35. The van der Waals surface area contributed by atoms with E-state index in [1.54, 1.807) is 12.0 Å². The second kappa shape index (κ2) is 5.36. The lowest BCUT2D eigenvalue weighted by molar-refractivity contribution is -0.142. The van der Waals surface area contributed by atoms with Gasteiger partial charge >= 0.3 is 12.0 Å². The van der Waals surface area contributed by atoms with Crippen molar-refractivity contribution in [2.24, 2.45) is 0 Å². The number of likely N-dealkylation sites (tertiary alicyclic amines) is 1. The molecule has 21 heavy (non-hydrogen) atoms. The molecule has 2 aliphatic heterocycles. The van der Waals surface area contributed by atoms with E-state index in [-0.39, 0.29) is 25.1 Å². The molecule has 1 fully saturated rings. The Morgan fingerprint density at radius 2 is 2.33 bits per heavy atom. The molecule has 2 atom stereocenters. The number of carboxylic acid groups (broad SMARTS) is 1. The summed E-state index contributed by atoms with van der Waals surface area (Å²) in [6.45, 7) is 1.35. The second-order valence-corrected chi connectivity index (χ2v) is 5.39. The third kappa shape index (κ3) is 2.46. The van der Waals surface area contributed by atoms with Crippen LogP contribution < -0.4 is 0 Å².